The molecule has 12 bridgehead atoms. The number of aliphatic hydroxyl groups is 2. The van der Waals surface area contributed by atoms with Gasteiger partial charge in [-0.2, -0.15) is 0 Å². The van der Waals surface area contributed by atoms with E-state index in [0.717, 1.165) is 73.3 Å². The van der Waals surface area contributed by atoms with Crippen LogP contribution in [0.1, 0.15) is 169 Å². The first-order valence-corrected chi connectivity index (χ1v) is 46.9. The number of anilines is 1. The Morgan fingerprint density at radius 2 is 1.38 bits per heavy atom. The van der Waals surface area contributed by atoms with Gasteiger partial charge in [0.15, 0.2) is 0 Å². The number of H-pyrrole nitrogens is 1. The summed E-state index contributed by atoms with van der Waals surface area (Å²) in [4.78, 5) is 240. The molecule has 9 aromatic rings. The number of nitrogens with one attached hydrogen (secondary N) is 10. The summed E-state index contributed by atoms with van der Waals surface area (Å²) >= 11 is 5.44. The number of fused-ring (bicyclic) bond motifs is 13. The lowest BCUT2D eigenvalue weighted by Gasteiger charge is -2.36. The fourth-order valence-electron chi connectivity index (χ4n) is 14.2. The van der Waals surface area contributed by atoms with Crippen LogP contribution in [0.3, 0.4) is 0 Å². The maximum Gasteiger partial charge on any atom is 0.410 e. The number of cyclic esters (lactones) is 1. The third kappa shape index (κ3) is 24.1. The number of pyridine rings is 1. The summed E-state index contributed by atoms with van der Waals surface area (Å²) in [5.74, 6) is -10.1. The number of benzene rings is 2. The molecule has 698 valence electrons. The van der Waals surface area contributed by atoms with Crippen molar-refractivity contribution in [3.05, 3.63) is 166 Å². The topological polar surface area (TPSA) is 608 Å². The molecule has 0 aliphatic carbocycles. The second-order valence-electron chi connectivity index (χ2n) is 31.1. The van der Waals surface area contributed by atoms with Gasteiger partial charge >= 0.3 is 18.1 Å². The SMILES string of the molecule is C=C(NC(=O)c1csc(-c2nc3c(cc2O)-c2nc(cs2)C(=O)N[C@@H]([C@@H](C)O)C(=O)N/C(=C\C)c2nc(cs2)C(=O)N[C@H]2C[C@H](OC(=O)N4CCN(C(O)OCc5ccc(NC(=O)[C@H](CCCNC(N)=O)NC(=O)[C@@H](NC(=O)CCCCCN6C(=O)C=CC6=O)C(C)C)cc5)CC4)C(=O)OCc4cccc5[nH]c(c(C)c45)C(=O)SC[C@H](NC(=O)c4csc2n4)c2nc-3cs2)n1)C(N)=O. The van der Waals surface area contributed by atoms with Gasteiger partial charge in [-0.3, -0.25) is 67.3 Å². The number of ether oxygens (including phenoxy) is 3. The van der Waals surface area contributed by atoms with Crippen molar-refractivity contribution in [3.63, 3.8) is 0 Å². The number of urea groups is 1. The number of aromatic nitrogens is 7. The average molecular weight is 1940 g/mol. The lowest BCUT2D eigenvalue weighted by atomic mass is 10.0. The Hall–Kier alpha value is -13.5. The Morgan fingerprint density at radius 1 is 0.722 bits per heavy atom. The number of primary amides is 2. The van der Waals surface area contributed by atoms with Gasteiger partial charge in [-0.05, 0) is 93.3 Å². The number of nitrogens with two attached hydrogens (primary N) is 2. The number of imide groups is 1. The second kappa shape index (κ2) is 43.7. The summed E-state index contributed by atoms with van der Waals surface area (Å²) in [5, 5.41) is 65.8. The van der Waals surface area contributed by atoms with Crippen molar-refractivity contribution in [1.29, 1.82) is 0 Å². The number of piperazine rings is 1. The number of aromatic amines is 1. The van der Waals surface area contributed by atoms with E-state index in [2.05, 4.69) is 74.4 Å². The average Bonchev–Trinajstić information content (AvgIpc) is 1.65. The summed E-state index contributed by atoms with van der Waals surface area (Å²) in [6, 6.07) is 5.48. The Labute approximate surface area is 781 Å². The van der Waals surface area contributed by atoms with Crippen LogP contribution in [0.5, 0.6) is 5.75 Å². The van der Waals surface area contributed by atoms with E-state index in [-0.39, 0.29) is 153 Å². The summed E-state index contributed by atoms with van der Waals surface area (Å²) in [6.07, 6.45) is -1.03. The van der Waals surface area contributed by atoms with Gasteiger partial charge in [0.25, 0.3) is 41.4 Å². The fourth-order valence-corrected chi connectivity index (χ4v) is 19.4. The number of rotatable bonds is 26. The Morgan fingerprint density at radius 3 is 2.07 bits per heavy atom. The number of carbonyl (C=O) groups excluding carboxylic acids is 15. The van der Waals surface area contributed by atoms with Crippen LogP contribution in [0.25, 0.3) is 49.3 Å². The summed E-state index contributed by atoms with van der Waals surface area (Å²) < 4.78 is 18.1. The molecular weight excluding hydrogens is 1840 g/mol. The number of aromatic hydroxyl groups is 1. The van der Waals surface area contributed by atoms with Crippen molar-refractivity contribution in [2.45, 2.75) is 142 Å². The molecule has 2 aromatic carbocycles. The highest BCUT2D eigenvalue weighted by Crippen LogP contribution is 2.42. The largest absolute Gasteiger partial charge is 0.506 e. The minimum Gasteiger partial charge on any atom is -0.506 e. The van der Waals surface area contributed by atoms with Gasteiger partial charge < -0.3 is 98.7 Å². The molecule has 48 heteroatoms. The monoisotopic (exact) mass is 1930 g/mol. The van der Waals surface area contributed by atoms with E-state index in [1.807, 2.05) is 0 Å². The number of hydrogen-bond donors (Lipinski definition) is 15. The number of nitrogens with zero attached hydrogens (tertiary/aromatic N) is 9. The normalized spacial score (nSPS) is 18.3. The smallest absolute Gasteiger partial charge is 0.410 e. The van der Waals surface area contributed by atoms with E-state index >= 15 is 9.59 Å². The Balaban J connectivity index is 0.737. The van der Waals surface area contributed by atoms with Crippen LogP contribution in [-0.4, -0.2) is 235 Å². The van der Waals surface area contributed by atoms with Crippen LogP contribution in [0.4, 0.5) is 15.3 Å². The number of amides is 14. The number of thioether (sulfide) groups is 1. The van der Waals surface area contributed by atoms with Crippen molar-refractivity contribution in [3.8, 4) is 38.4 Å². The third-order valence-electron chi connectivity index (χ3n) is 21.4. The van der Waals surface area contributed by atoms with Crippen LogP contribution < -0.4 is 59.3 Å². The van der Waals surface area contributed by atoms with E-state index < -0.39 is 167 Å². The van der Waals surface area contributed by atoms with Crippen LogP contribution in [0.15, 0.2) is 106 Å². The number of aryl methyl sites for hydroxylation is 1. The van der Waals surface area contributed by atoms with Crippen LogP contribution >= 0.6 is 68.4 Å². The Bertz CT molecular complexity index is 6070. The predicted molar refractivity (Wildman–Crippen MR) is 488 cm³/mol. The van der Waals surface area contributed by atoms with Crippen molar-refractivity contribution >= 4 is 179 Å². The molecular formula is C85H91N21O21S6. The van der Waals surface area contributed by atoms with E-state index in [4.69, 9.17) is 40.6 Å². The van der Waals surface area contributed by atoms with Gasteiger partial charge in [-0.15, -0.1) is 56.7 Å². The van der Waals surface area contributed by atoms with E-state index in [9.17, 15) is 77.6 Å². The first kappa shape index (κ1) is 97.1. The van der Waals surface area contributed by atoms with Crippen molar-refractivity contribution in [1.82, 2.24) is 92.1 Å². The molecule has 4 aliphatic heterocycles. The molecule has 17 N–H and O–H groups in total. The lowest BCUT2D eigenvalue weighted by molar-refractivity contribution is -0.206. The van der Waals surface area contributed by atoms with Crippen LogP contribution in [0.2, 0.25) is 0 Å². The highest BCUT2D eigenvalue weighted by molar-refractivity contribution is 8.14. The zero-order valence-electron chi connectivity index (χ0n) is 71.8. The van der Waals surface area contributed by atoms with Gasteiger partial charge in [0, 0.05) is 119 Å². The molecule has 8 atom stereocenters. The standard InChI is InChI=1S/C85H91N21O21S6/c1-7-47-77-98-53(35-130-77)71(115)94-50-30-58(127-85(124)105-27-25-104(26-28-105)84(123)126-31-43-17-19-45(20-18-43)90-69(113)49(15-12-23-88-83(87)122)93-74(118)63(39(2)3)101-59(109)16-9-8-10-24-106-60(110)21-22-61(106)111)81(120)125-32-44-13-11-14-48-62(44)40(4)64(91-48)82(121)133-38-56(95-72(116)54-36-131-78(50)99-54)79-96-51(33-129-79)66-46(76-97-55(34-128-76)73(117)103-65(42(6)107)75(119)92-47)29-57(108)67(102-66)80-100-52(37-132-80)70(114)89-41(5)68(86)112/h7,11,13-14,17-22,29,33-37,39,42,49-50,56,58,63,65,84,91,107-108,123H,5,8-10,12,15-16,23-28,30-32,38H2,1-4,6H3,(H2,86,112)(H,89,114)(H,90,113)(H,92,119)(H,93,118)(H,94,115)(H,95,116)(H,101,109)(H,103,117)(H3,87,88,122)/b47-7-/t42-,49+,50+,56+,58+,63+,65+,84?/m1/s1. The first-order valence-electron chi connectivity index (χ1n) is 41.6. The molecule has 1 unspecified atom stereocenters. The highest BCUT2D eigenvalue weighted by atomic mass is 32.2. The third-order valence-corrected chi connectivity index (χ3v) is 26.9. The minimum atomic E-state index is -1.89. The molecule has 0 spiro atoms. The van der Waals surface area contributed by atoms with Crippen LogP contribution in [0, 0.1) is 12.8 Å². The predicted octanol–water partition coefficient (Wildman–Crippen LogP) is 5.64. The molecule has 4 aliphatic rings. The fraction of sp³-hybridized carbons (Fsp3) is 0.353. The minimum absolute atomic E-state index is 0.00323. The molecule has 7 aromatic heterocycles. The molecule has 1 fully saturated rings. The number of allylic oxidation sites excluding steroid dienone is 1. The zero-order valence-corrected chi connectivity index (χ0v) is 76.7. The second-order valence-corrected chi connectivity index (χ2v) is 36.5. The number of thiazole rings is 5. The molecule has 0 saturated carbocycles. The van der Waals surface area contributed by atoms with Gasteiger partial charge in [-0.25, -0.2) is 44.3 Å². The summed E-state index contributed by atoms with van der Waals surface area (Å²) in [7, 11) is 0. The summed E-state index contributed by atoms with van der Waals surface area (Å²) in [5.41, 5.74) is 11.6. The molecule has 1 saturated heterocycles. The van der Waals surface area contributed by atoms with Gasteiger partial charge in [0.05, 0.1) is 41.9 Å². The summed E-state index contributed by atoms with van der Waals surface area (Å²) in [6.45, 7) is 10.9. The highest BCUT2D eigenvalue weighted by Gasteiger charge is 2.39. The molecule has 42 nitrogen and oxygen atoms in total. The molecule has 14 amide bonds. The quantitative estimate of drug-likeness (QED) is 0.0103. The van der Waals surface area contributed by atoms with Crippen molar-refractivity contribution in [2.24, 2.45) is 17.4 Å². The molecule has 133 heavy (non-hydrogen) atoms. The molecule has 11 heterocycles. The first-order chi connectivity index (χ1) is 63.6. The Kier molecular flexibility index (Phi) is 31.9. The number of unbranched alkanes of at least 4 members (excludes halogenated alkanes) is 2. The molecule has 13 rings (SSSR count). The number of carbonyl (C=O) groups is 15. The maximum atomic E-state index is 15.1. The van der Waals surface area contributed by atoms with Gasteiger partial charge in [-0.1, -0.05) is 69.0 Å². The molecule has 0 radical (unpaired) electrons. The van der Waals surface area contributed by atoms with Gasteiger partial charge in [0.2, 0.25) is 41.3 Å². The number of hydrogen-bond acceptors (Lipinski definition) is 34. The van der Waals surface area contributed by atoms with Crippen molar-refractivity contribution in [2.75, 3.05) is 50.3 Å². The van der Waals surface area contributed by atoms with Crippen LogP contribution in [-0.2, 0) is 65.8 Å². The van der Waals surface area contributed by atoms with E-state index in [0.29, 0.717) is 52.5 Å². The number of esters is 1. The van der Waals surface area contributed by atoms with E-state index in [1.54, 1.807) is 75.5 Å². The lowest BCUT2D eigenvalue weighted by Crippen LogP contribution is -2.54. The maximum absolute atomic E-state index is 15.1. The van der Waals surface area contributed by atoms with Gasteiger partial charge in [0.1, 0.15) is 95.4 Å². The number of aliphatic hydroxyl groups excluding tert-OH is 2. The van der Waals surface area contributed by atoms with E-state index in [1.165, 1.54) is 62.5 Å². The van der Waals surface area contributed by atoms with Crippen molar-refractivity contribution < 1.29 is 101 Å². The zero-order chi connectivity index (χ0) is 95.2.